The summed E-state index contributed by atoms with van der Waals surface area (Å²) < 4.78 is 1.10. The lowest BCUT2D eigenvalue weighted by Gasteiger charge is -2.30. The average molecular weight is 448 g/mol. The number of hydrogen-bond acceptors (Lipinski definition) is 0. The van der Waals surface area contributed by atoms with Gasteiger partial charge in [-0.25, -0.2) is 0 Å². The smallest absolute Gasteiger partial charge is 0.104 e. The van der Waals surface area contributed by atoms with Crippen molar-refractivity contribution in [3.05, 3.63) is 60.7 Å². The van der Waals surface area contributed by atoms with E-state index in [-0.39, 0.29) is 12.4 Å². The molecule has 0 saturated carbocycles. The van der Waals surface area contributed by atoms with Crippen LogP contribution in [0.5, 0.6) is 0 Å². The van der Waals surface area contributed by atoms with Crippen LogP contribution >= 0.6 is 0 Å². The number of benzene rings is 1. The Balaban J connectivity index is 0.00000900. The van der Waals surface area contributed by atoms with E-state index in [0.717, 1.165) is 11.0 Å². The second-order valence-electron chi connectivity index (χ2n) is 9.67. The third-order valence-corrected chi connectivity index (χ3v) is 6.03. The summed E-state index contributed by atoms with van der Waals surface area (Å²) in [5.41, 5.74) is 1.45. The second kappa shape index (κ2) is 20.8. The van der Waals surface area contributed by atoms with Crippen LogP contribution in [0.25, 0.3) is 0 Å². The van der Waals surface area contributed by atoms with Crippen molar-refractivity contribution in [2.75, 3.05) is 20.6 Å². The molecule has 0 aliphatic carbocycles. The molecule has 0 aliphatic rings. The minimum atomic E-state index is 0. The van der Waals surface area contributed by atoms with E-state index < -0.39 is 0 Å². The highest BCUT2D eigenvalue weighted by Gasteiger charge is 2.14. The molecule has 31 heavy (non-hydrogen) atoms. The molecule has 1 rings (SSSR count). The summed E-state index contributed by atoms with van der Waals surface area (Å²) in [6, 6.07) is 10.9. The number of nitrogens with zero attached hydrogens (tertiary/aromatic N) is 1. The maximum absolute atomic E-state index is 3.78. The van der Waals surface area contributed by atoms with Crippen molar-refractivity contribution in [1.82, 2.24) is 0 Å². The summed E-state index contributed by atoms with van der Waals surface area (Å²) in [6.45, 7) is 6.21. The molecule has 0 fully saturated rings. The highest BCUT2D eigenvalue weighted by Crippen LogP contribution is 2.13. The Morgan fingerprint density at radius 3 is 1.61 bits per heavy atom. The van der Waals surface area contributed by atoms with Crippen LogP contribution in [0.1, 0.15) is 102 Å². The van der Waals surface area contributed by atoms with Crippen molar-refractivity contribution in [3.8, 4) is 0 Å². The zero-order valence-corrected chi connectivity index (χ0v) is 21.4. The standard InChI is InChI=1S/C29H50N.ClH/c1-4-5-6-7-8-9-10-11-12-13-14-15-16-17-18-19-20-24-27-30(2,3)28-29-25-22-21-23-26-29;/h4,13-14,21-23,25-26H,1,5-12,15-20,24,27-28H2,2-3H3;1H/q+1;/p-1. The van der Waals surface area contributed by atoms with Crippen LogP contribution in [-0.4, -0.2) is 25.1 Å². The molecule has 0 N–H and O–H groups in total. The lowest BCUT2D eigenvalue weighted by atomic mass is 10.1. The van der Waals surface area contributed by atoms with E-state index in [1.165, 1.54) is 108 Å². The van der Waals surface area contributed by atoms with Gasteiger partial charge in [0.15, 0.2) is 0 Å². The molecular weight excluding hydrogens is 398 g/mol. The van der Waals surface area contributed by atoms with E-state index in [0.29, 0.717) is 0 Å². The van der Waals surface area contributed by atoms with Gasteiger partial charge in [-0.3, -0.25) is 0 Å². The summed E-state index contributed by atoms with van der Waals surface area (Å²) in [5.74, 6) is 0. The van der Waals surface area contributed by atoms with Crippen molar-refractivity contribution < 1.29 is 16.9 Å². The summed E-state index contributed by atoms with van der Waals surface area (Å²) in [5, 5.41) is 0. The van der Waals surface area contributed by atoms with Crippen LogP contribution in [-0.2, 0) is 6.54 Å². The predicted molar refractivity (Wildman–Crippen MR) is 136 cm³/mol. The van der Waals surface area contributed by atoms with Crippen LogP contribution in [0.4, 0.5) is 0 Å². The molecule has 0 aliphatic heterocycles. The van der Waals surface area contributed by atoms with Gasteiger partial charge in [0.2, 0.25) is 0 Å². The Morgan fingerprint density at radius 2 is 1.10 bits per heavy atom. The molecule has 0 spiro atoms. The Labute approximate surface area is 201 Å². The molecule has 0 radical (unpaired) electrons. The first-order valence-electron chi connectivity index (χ1n) is 12.8. The maximum atomic E-state index is 3.78. The van der Waals surface area contributed by atoms with Crippen molar-refractivity contribution in [2.24, 2.45) is 0 Å². The zero-order valence-electron chi connectivity index (χ0n) is 20.7. The van der Waals surface area contributed by atoms with Crippen LogP contribution < -0.4 is 12.4 Å². The number of quaternary nitrogens is 1. The molecular formula is C29H50ClN. The van der Waals surface area contributed by atoms with Gasteiger partial charge in [0.1, 0.15) is 6.54 Å². The van der Waals surface area contributed by atoms with Crippen LogP contribution in [0.2, 0.25) is 0 Å². The summed E-state index contributed by atoms with van der Waals surface area (Å²) in [6.07, 6.45) is 27.3. The van der Waals surface area contributed by atoms with Crippen LogP contribution in [0.3, 0.4) is 0 Å². The Morgan fingerprint density at radius 1 is 0.645 bits per heavy atom. The summed E-state index contributed by atoms with van der Waals surface area (Å²) in [7, 11) is 4.73. The van der Waals surface area contributed by atoms with Gasteiger partial charge in [-0.1, -0.05) is 93.5 Å². The zero-order chi connectivity index (χ0) is 21.8. The molecule has 1 nitrogen and oxygen atoms in total. The Bertz CT molecular complexity index is 535. The van der Waals surface area contributed by atoms with Crippen molar-refractivity contribution >= 4 is 0 Å². The van der Waals surface area contributed by atoms with Gasteiger partial charge in [-0.2, -0.15) is 0 Å². The third kappa shape index (κ3) is 19.4. The van der Waals surface area contributed by atoms with Gasteiger partial charge in [0.05, 0.1) is 20.6 Å². The monoisotopic (exact) mass is 447 g/mol. The van der Waals surface area contributed by atoms with E-state index in [2.05, 4.69) is 63.2 Å². The van der Waals surface area contributed by atoms with Gasteiger partial charge in [-0.05, 0) is 51.4 Å². The first-order valence-corrected chi connectivity index (χ1v) is 12.8. The lowest BCUT2D eigenvalue weighted by molar-refractivity contribution is -0.903. The van der Waals surface area contributed by atoms with Crippen molar-refractivity contribution in [1.29, 1.82) is 0 Å². The Kier molecular flexibility index (Phi) is 20.1. The Hall–Kier alpha value is -1.05. The number of halogens is 1. The fourth-order valence-corrected chi connectivity index (χ4v) is 4.16. The molecule has 1 aromatic carbocycles. The number of allylic oxidation sites excluding steroid dienone is 3. The molecule has 0 aromatic heterocycles. The average Bonchev–Trinajstić information content (AvgIpc) is 2.73. The quantitative estimate of drug-likeness (QED) is 0.133. The lowest BCUT2D eigenvalue weighted by Crippen LogP contribution is -3.00. The van der Waals surface area contributed by atoms with Gasteiger partial charge < -0.3 is 16.9 Å². The molecule has 1 aromatic rings. The first kappa shape index (κ1) is 29.9. The van der Waals surface area contributed by atoms with Crippen LogP contribution in [0.15, 0.2) is 55.1 Å². The minimum absolute atomic E-state index is 0. The molecule has 2 heteroatoms. The molecule has 0 atom stereocenters. The predicted octanol–water partition coefficient (Wildman–Crippen LogP) is 5.86. The fraction of sp³-hybridized carbons (Fsp3) is 0.655. The number of rotatable bonds is 20. The highest BCUT2D eigenvalue weighted by molar-refractivity contribution is 5.13. The number of unbranched alkanes of at least 4 members (excludes halogenated alkanes) is 13. The highest BCUT2D eigenvalue weighted by atomic mass is 35.5. The normalized spacial score (nSPS) is 11.5. The summed E-state index contributed by atoms with van der Waals surface area (Å²) >= 11 is 0. The van der Waals surface area contributed by atoms with Gasteiger partial charge >= 0.3 is 0 Å². The second-order valence-corrected chi connectivity index (χ2v) is 9.67. The van der Waals surface area contributed by atoms with E-state index >= 15 is 0 Å². The molecule has 0 unspecified atom stereocenters. The van der Waals surface area contributed by atoms with Gasteiger partial charge in [-0.15, -0.1) is 6.58 Å². The topological polar surface area (TPSA) is 0 Å². The van der Waals surface area contributed by atoms with E-state index in [1.54, 1.807) is 0 Å². The molecule has 178 valence electrons. The van der Waals surface area contributed by atoms with Crippen LogP contribution in [0, 0.1) is 0 Å². The SMILES string of the molecule is C=CCCCCCCCCC=CCCCCCCCC[N+](C)(C)Cc1ccccc1.[Cl-]. The van der Waals surface area contributed by atoms with Crippen molar-refractivity contribution in [3.63, 3.8) is 0 Å². The number of hydrogen-bond donors (Lipinski definition) is 0. The van der Waals surface area contributed by atoms with E-state index in [4.69, 9.17) is 0 Å². The van der Waals surface area contributed by atoms with Gasteiger partial charge in [0.25, 0.3) is 0 Å². The third-order valence-electron chi connectivity index (χ3n) is 6.03. The molecule has 0 heterocycles. The molecule has 0 amide bonds. The fourth-order valence-electron chi connectivity index (χ4n) is 4.16. The largest absolute Gasteiger partial charge is 1.00 e. The van der Waals surface area contributed by atoms with E-state index in [9.17, 15) is 0 Å². The van der Waals surface area contributed by atoms with Gasteiger partial charge in [0, 0.05) is 5.56 Å². The maximum Gasteiger partial charge on any atom is 0.104 e. The summed E-state index contributed by atoms with van der Waals surface area (Å²) in [4.78, 5) is 0. The van der Waals surface area contributed by atoms with Crippen molar-refractivity contribution in [2.45, 2.75) is 103 Å². The first-order chi connectivity index (χ1) is 14.6. The van der Waals surface area contributed by atoms with E-state index in [1.807, 2.05) is 6.08 Å². The molecule has 0 bridgehead atoms. The minimum Gasteiger partial charge on any atom is -1.00 e. The molecule has 0 saturated heterocycles.